The number of benzene rings is 1. The van der Waals surface area contributed by atoms with Gasteiger partial charge in [0.05, 0.1) is 17.6 Å². The van der Waals surface area contributed by atoms with Gasteiger partial charge in [0, 0.05) is 22.9 Å². The Morgan fingerprint density at radius 3 is 2.88 bits per heavy atom. The van der Waals surface area contributed by atoms with Crippen LogP contribution in [0, 0.1) is 11.8 Å². The van der Waals surface area contributed by atoms with E-state index in [1.807, 2.05) is 18.2 Å². The van der Waals surface area contributed by atoms with Crippen molar-refractivity contribution >= 4 is 11.0 Å². The maximum atomic E-state index is 8.08. The molecule has 0 fully saturated rings. The van der Waals surface area contributed by atoms with E-state index in [0.717, 1.165) is 16.6 Å². The number of azide groups is 1. The van der Waals surface area contributed by atoms with Gasteiger partial charge >= 0.3 is 0 Å². The van der Waals surface area contributed by atoms with Crippen molar-refractivity contribution in [3.05, 3.63) is 46.6 Å². The normalized spacial score (nSPS) is 9.00. The molecule has 0 aliphatic rings. The SMILES string of the molecule is [N-]=[N+]=NCC#Cc1ccc2nccnc2c1. The van der Waals surface area contributed by atoms with Crippen LogP contribution < -0.4 is 0 Å². The summed E-state index contributed by atoms with van der Waals surface area (Å²) in [5.41, 5.74) is 10.6. The smallest absolute Gasteiger partial charge is 0.0899 e. The molecular weight excluding hydrogens is 202 g/mol. The number of nitrogens with zero attached hydrogens (tertiary/aromatic N) is 5. The molecule has 0 saturated carbocycles. The fourth-order valence-corrected chi connectivity index (χ4v) is 1.25. The van der Waals surface area contributed by atoms with Crippen LogP contribution in [0.15, 0.2) is 35.7 Å². The van der Waals surface area contributed by atoms with Crippen molar-refractivity contribution in [2.45, 2.75) is 0 Å². The fraction of sp³-hybridized carbons (Fsp3) is 0.0909. The molecule has 1 heterocycles. The summed E-state index contributed by atoms with van der Waals surface area (Å²) in [5, 5.41) is 3.33. The number of rotatable bonds is 1. The largest absolute Gasteiger partial charge is 0.253 e. The maximum absolute atomic E-state index is 8.08. The highest BCUT2D eigenvalue weighted by Crippen LogP contribution is 2.09. The average molecular weight is 209 g/mol. The molecule has 5 heteroatoms. The van der Waals surface area contributed by atoms with Gasteiger partial charge in [-0.2, -0.15) is 0 Å². The minimum atomic E-state index is 0.176. The Kier molecular flexibility index (Phi) is 2.98. The minimum absolute atomic E-state index is 0.176. The van der Waals surface area contributed by atoms with E-state index in [1.54, 1.807) is 12.4 Å². The molecule has 1 aromatic carbocycles. The van der Waals surface area contributed by atoms with E-state index in [1.165, 1.54) is 0 Å². The number of hydrogen-bond donors (Lipinski definition) is 0. The van der Waals surface area contributed by atoms with Gasteiger partial charge in [-0.1, -0.05) is 17.0 Å². The van der Waals surface area contributed by atoms with Gasteiger partial charge in [0.2, 0.25) is 0 Å². The molecule has 0 aliphatic heterocycles. The van der Waals surface area contributed by atoms with Crippen molar-refractivity contribution in [2.24, 2.45) is 5.11 Å². The highest BCUT2D eigenvalue weighted by molar-refractivity contribution is 5.75. The van der Waals surface area contributed by atoms with Crippen molar-refractivity contribution in [3.8, 4) is 11.8 Å². The Balaban J connectivity index is 2.31. The Morgan fingerprint density at radius 1 is 1.25 bits per heavy atom. The number of hydrogen-bond acceptors (Lipinski definition) is 3. The Labute approximate surface area is 91.8 Å². The molecule has 0 saturated heterocycles. The van der Waals surface area contributed by atoms with E-state index < -0.39 is 0 Å². The lowest BCUT2D eigenvalue weighted by Crippen LogP contribution is -1.83. The van der Waals surface area contributed by atoms with E-state index in [-0.39, 0.29) is 6.54 Å². The van der Waals surface area contributed by atoms with Crippen LogP contribution >= 0.6 is 0 Å². The lowest BCUT2D eigenvalue weighted by Gasteiger charge is -1.95. The molecule has 16 heavy (non-hydrogen) atoms. The lowest BCUT2D eigenvalue weighted by atomic mass is 10.2. The van der Waals surface area contributed by atoms with Crippen molar-refractivity contribution in [1.82, 2.24) is 9.97 Å². The van der Waals surface area contributed by atoms with Crippen LogP contribution in [-0.2, 0) is 0 Å². The van der Waals surface area contributed by atoms with Gasteiger partial charge in [0.15, 0.2) is 0 Å². The molecule has 0 atom stereocenters. The molecular formula is C11H7N5. The zero-order valence-electron chi connectivity index (χ0n) is 8.33. The number of fused-ring (bicyclic) bond motifs is 1. The first-order chi connectivity index (χ1) is 7.90. The molecule has 76 valence electrons. The molecule has 0 bridgehead atoms. The second-order valence-electron chi connectivity index (χ2n) is 2.95. The summed E-state index contributed by atoms with van der Waals surface area (Å²) >= 11 is 0. The van der Waals surface area contributed by atoms with E-state index in [9.17, 15) is 0 Å². The standard InChI is InChI=1S/C11H7N5/c12-16-15-5-1-2-9-3-4-10-11(8-9)14-7-6-13-10/h3-4,6-8H,5H2. The quantitative estimate of drug-likeness (QED) is 0.313. The van der Waals surface area contributed by atoms with E-state index in [0.29, 0.717) is 0 Å². The van der Waals surface area contributed by atoms with Crippen molar-refractivity contribution in [2.75, 3.05) is 6.54 Å². The monoisotopic (exact) mass is 209 g/mol. The molecule has 0 amide bonds. The third-order valence-corrected chi connectivity index (χ3v) is 1.92. The highest BCUT2D eigenvalue weighted by Gasteiger charge is 1.94. The maximum Gasteiger partial charge on any atom is 0.0899 e. The molecule has 0 radical (unpaired) electrons. The summed E-state index contributed by atoms with van der Waals surface area (Å²) in [5.74, 6) is 5.64. The molecule has 0 N–H and O–H groups in total. The molecule has 5 nitrogen and oxygen atoms in total. The summed E-state index contributed by atoms with van der Waals surface area (Å²) in [6, 6.07) is 5.57. The molecule has 0 spiro atoms. The summed E-state index contributed by atoms with van der Waals surface area (Å²) in [4.78, 5) is 10.9. The molecule has 0 unspecified atom stereocenters. The first-order valence-corrected chi connectivity index (χ1v) is 4.60. The molecule has 1 aromatic heterocycles. The Bertz CT molecular complexity index is 617. The third kappa shape index (κ3) is 2.27. The van der Waals surface area contributed by atoms with Crippen LogP contribution in [0.4, 0.5) is 0 Å². The number of aromatic nitrogens is 2. The molecule has 2 aromatic rings. The minimum Gasteiger partial charge on any atom is -0.253 e. The molecule has 2 rings (SSSR count). The van der Waals surface area contributed by atoms with Gasteiger partial charge in [-0.15, -0.1) is 0 Å². The van der Waals surface area contributed by atoms with Gasteiger partial charge < -0.3 is 0 Å². The van der Waals surface area contributed by atoms with Gasteiger partial charge in [0.1, 0.15) is 0 Å². The van der Waals surface area contributed by atoms with Crippen LogP contribution in [0.3, 0.4) is 0 Å². The van der Waals surface area contributed by atoms with E-state index >= 15 is 0 Å². The summed E-state index contributed by atoms with van der Waals surface area (Å²) < 4.78 is 0. The second kappa shape index (κ2) is 4.78. The first kappa shape index (κ1) is 9.97. The van der Waals surface area contributed by atoms with Crippen LogP contribution in [0.2, 0.25) is 0 Å². The topological polar surface area (TPSA) is 74.5 Å². The summed E-state index contributed by atoms with van der Waals surface area (Å²) in [6.07, 6.45) is 3.29. The van der Waals surface area contributed by atoms with Gasteiger partial charge in [-0.3, -0.25) is 9.97 Å². The zero-order chi connectivity index (χ0) is 11.2. The highest BCUT2D eigenvalue weighted by atomic mass is 15.1. The second-order valence-corrected chi connectivity index (χ2v) is 2.95. The summed E-state index contributed by atoms with van der Waals surface area (Å²) in [7, 11) is 0. The van der Waals surface area contributed by atoms with Crippen LogP contribution in [0.25, 0.3) is 21.5 Å². The third-order valence-electron chi connectivity index (χ3n) is 1.92. The zero-order valence-corrected chi connectivity index (χ0v) is 8.33. The van der Waals surface area contributed by atoms with Crippen LogP contribution in [0.1, 0.15) is 5.56 Å². The van der Waals surface area contributed by atoms with Gasteiger partial charge in [-0.05, 0) is 23.7 Å². The Morgan fingerprint density at radius 2 is 2.06 bits per heavy atom. The summed E-state index contributed by atoms with van der Waals surface area (Å²) in [6.45, 7) is 0.176. The van der Waals surface area contributed by atoms with Gasteiger partial charge in [-0.25, -0.2) is 0 Å². The van der Waals surface area contributed by atoms with Crippen molar-refractivity contribution in [3.63, 3.8) is 0 Å². The predicted molar refractivity (Wildman–Crippen MR) is 60.4 cm³/mol. The average Bonchev–Trinajstić information content (AvgIpc) is 2.34. The van der Waals surface area contributed by atoms with Crippen molar-refractivity contribution < 1.29 is 0 Å². The molecule has 0 aliphatic carbocycles. The van der Waals surface area contributed by atoms with E-state index in [2.05, 4.69) is 31.8 Å². The van der Waals surface area contributed by atoms with Crippen LogP contribution in [0.5, 0.6) is 0 Å². The van der Waals surface area contributed by atoms with Gasteiger partial charge in [0.25, 0.3) is 0 Å². The Hall–Kier alpha value is -2.57. The van der Waals surface area contributed by atoms with Crippen LogP contribution in [-0.4, -0.2) is 16.5 Å². The first-order valence-electron chi connectivity index (χ1n) is 4.60. The van der Waals surface area contributed by atoms with Crippen molar-refractivity contribution in [1.29, 1.82) is 0 Å². The fourth-order valence-electron chi connectivity index (χ4n) is 1.25. The van der Waals surface area contributed by atoms with E-state index in [4.69, 9.17) is 5.53 Å². The lowest BCUT2D eigenvalue weighted by molar-refractivity contribution is 1.25. The predicted octanol–water partition coefficient (Wildman–Crippen LogP) is 2.29.